The van der Waals surface area contributed by atoms with Gasteiger partial charge in [0, 0.05) is 50.8 Å². The quantitative estimate of drug-likeness (QED) is 0.429. The zero-order chi connectivity index (χ0) is 16.1. The lowest BCUT2D eigenvalue weighted by Gasteiger charge is -2.57. The molecule has 0 amide bonds. The molecule has 2 N–H and O–H groups in total. The molecule has 0 aromatic carbocycles. The summed E-state index contributed by atoms with van der Waals surface area (Å²) >= 11 is 0. The Morgan fingerprint density at radius 3 is 2.87 bits per heavy atom. The highest BCUT2D eigenvalue weighted by atomic mass is 16.5. The van der Waals surface area contributed by atoms with Crippen molar-refractivity contribution in [2.45, 2.75) is 64.0 Å². The van der Waals surface area contributed by atoms with Crippen molar-refractivity contribution in [3.8, 4) is 0 Å². The van der Waals surface area contributed by atoms with Gasteiger partial charge in [-0.05, 0) is 39.0 Å². The van der Waals surface area contributed by atoms with Gasteiger partial charge < -0.3 is 20.1 Å². The van der Waals surface area contributed by atoms with Gasteiger partial charge in [-0.25, -0.2) is 0 Å². The van der Waals surface area contributed by atoms with Crippen molar-refractivity contribution >= 4 is 5.96 Å². The third kappa shape index (κ3) is 3.36. The van der Waals surface area contributed by atoms with Gasteiger partial charge in [0.05, 0.1) is 6.10 Å². The second-order valence-corrected chi connectivity index (χ2v) is 7.21. The van der Waals surface area contributed by atoms with Crippen LogP contribution in [-0.2, 0) is 9.47 Å². The number of aliphatic imine (C=N–C) groups is 1. The lowest BCUT2D eigenvalue weighted by molar-refractivity contribution is -0.125. The van der Waals surface area contributed by atoms with Crippen molar-refractivity contribution in [1.82, 2.24) is 10.6 Å². The van der Waals surface area contributed by atoms with Crippen LogP contribution in [0, 0.1) is 11.3 Å². The highest BCUT2D eigenvalue weighted by Gasteiger charge is 2.65. The van der Waals surface area contributed by atoms with Crippen LogP contribution in [0.4, 0.5) is 0 Å². The molecule has 2 aliphatic carbocycles. The topological polar surface area (TPSA) is 54.9 Å². The van der Waals surface area contributed by atoms with E-state index >= 15 is 0 Å². The number of nitrogens with one attached hydrogen (secondary N) is 2. The number of guanidine groups is 1. The SMILES string of the molecule is CCOCCCCNC(=NC)NC1C2CCOC2C12CCCC2. The molecule has 3 rings (SSSR count). The van der Waals surface area contributed by atoms with E-state index in [2.05, 4.69) is 15.6 Å². The Morgan fingerprint density at radius 2 is 2.13 bits per heavy atom. The van der Waals surface area contributed by atoms with Crippen LogP contribution in [-0.4, -0.2) is 51.5 Å². The van der Waals surface area contributed by atoms with Crippen LogP contribution in [0.25, 0.3) is 0 Å². The van der Waals surface area contributed by atoms with Gasteiger partial charge in [-0.1, -0.05) is 12.8 Å². The number of rotatable bonds is 7. The van der Waals surface area contributed by atoms with Crippen molar-refractivity contribution < 1.29 is 9.47 Å². The van der Waals surface area contributed by atoms with E-state index in [1.165, 1.54) is 32.1 Å². The van der Waals surface area contributed by atoms with Crippen LogP contribution in [0.2, 0.25) is 0 Å². The minimum Gasteiger partial charge on any atom is -0.382 e. The summed E-state index contributed by atoms with van der Waals surface area (Å²) in [6, 6.07) is 0.548. The van der Waals surface area contributed by atoms with Gasteiger partial charge in [-0.2, -0.15) is 0 Å². The van der Waals surface area contributed by atoms with Gasteiger partial charge in [0.15, 0.2) is 5.96 Å². The predicted octanol–water partition coefficient (Wildman–Crippen LogP) is 2.32. The minimum absolute atomic E-state index is 0.383. The number of hydrogen-bond donors (Lipinski definition) is 2. The van der Waals surface area contributed by atoms with Crippen molar-refractivity contribution in [2.75, 3.05) is 33.4 Å². The zero-order valence-corrected chi connectivity index (χ0v) is 14.8. The Morgan fingerprint density at radius 1 is 1.30 bits per heavy atom. The van der Waals surface area contributed by atoms with Crippen molar-refractivity contribution in [3.63, 3.8) is 0 Å². The molecule has 23 heavy (non-hydrogen) atoms. The molecule has 5 heteroatoms. The van der Waals surface area contributed by atoms with Gasteiger partial charge in [-0.15, -0.1) is 0 Å². The maximum absolute atomic E-state index is 6.06. The first-order valence-corrected chi connectivity index (χ1v) is 9.48. The summed E-state index contributed by atoms with van der Waals surface area (Å²) in [5.41, 5.74) is 0.383. The average Bonchev–Trinajstić information content (AvgIpc) is 3.22. The lowest BCUT2D eigenvalue weighted by atomic mass is 9.54. The summed E-state index contributed by atoms with van der Waals surface area (Å²) in [5.74, 6) is 1.65. The number of unbranched alkanes of at least 4 members (excludes halogenated alkanes) is 1. The van der Waals surface area contributed by atoms with Gasteiger partial charge in [0.1, 0.15) is 0 Å². The third-order valence-electron chi connectivity index (χ3n) is 6.01. The van der Waals surface area contributed by atoms with Crippen LogP contribution < -0.4 is 10.6 Å². The molecule has 1 spiro atoms. The van der Waals surface area contributed by atoms with E-state index in [4.69, 9.17) is 9.47 Å². The van der Waals surface area contributed by atoms with Crippen LogP contribution in [0.1, 0.15) is 51.9 Å². The Labute approximate surface area is 140 Å². The van der Waals surface area contributed by atoms with E-state index in [1.54, 1.807) is 0 Å². The molecule has 0 bridgehead atoms. The van der Waals surface area contributed by atoms with E-state index in [1.807, 2.05) is 14.0 Å². The smallest absolute Gasteiger partial charge is 0.191 e. The summed E-state index contributed by atoms with van der Waals surface area (Å²) in [5, 5.41) is 7.21. The Bertz CT molecular complexity index is 407. The normalized spacial score (nSPS) is 31.9. The Kier molecular flexibility index (Phi) is 5.81. The molecule has 1 aliphatic heterocycles. The molecule has 1 heterocycles. The molecule has 3 aliphatic rings. The molecule has 0 radical (unpaired) electrons. The fourth-order valence-electron chi connectivity index (χ4n) is 4.93. The maximum Gasteiger partial charge on any atom is 0.191 e. The molecule has 2 saturated carbocycles. The molecule has 3 atom stereocenters. The first-order valence-electron chi connectivity index (χ1n) is 9.48. The molecule has 3 unspecified atom stereocenters. The second kappa shape index (κ2) is 7.84. The number of hydrogen-bond acceptors (Lipinski definition) is 3. The van der Waals surface area contributed by atoms with Crippen LogP contribution in [0.5, 0.6) is 0 Å². The standard InChI is InChI=1S/C18H33N3O2/c1-3-22-12-7-6-11-20-17(19-2)21-15-14-8-13-23-16(14)18(15)9-4-5-10-18/h14-16H,3-13H2,1-2H3,(H2,19,20,21). The molecule has 0 aromatic heterocycles. The predicted molar refractivity (Wildman–Crippen MR) is 92.8 cm³/mol. The first-order chi connectivity index (χ1) is 11.3. The Balaban J connectivity index is 1.47. The average molecular weight is 323 g/mol. The van der Waals surface area contributed by atoms with Crippen molar-refractivity contribution in [1.29, 1.82) is 0 Å². The second-order valence-electron chi connectivity index (χ2n) is 7.21. The molecular weight excluding hydrogens is 290 g/mol. The van der Waals surface area contributed by atoms with Crippen LogP contribution in [0.15, 0.2) is 4.99 Å². The highest BCUT2D eigenvalue weighted by molar-refractivity contribution is 5.80. The van der Waals surface area contributed by atoms with Crippen LogP contribution >= 0.6 is 0 Å². The summed E-state index contributed by atoms with van der Waals surface area (Å²) in [6.45, 7) is 5.61. The first kappa shape index (κ1) is 17.0. The van der Waals surface area contributed by atoms with E-state index < -0.39 is 0 Å². The van der Waals surface area contributed by atoms with Crippen molar-refractivity contribution in [2.24, 2.45) is 16.3 Å². The van der Waals surface area contributed by atoms with E-state index in [0.29, 0.717) is 23.5 Å². The van der Waals surface area contributed by atoms with E-state index in [-0.39, 0.29) is 0 Å². The number of nitrogens with zero attached hydrogens (tertiary/aromatic N) is 1. The molecule has 5 nitrogen and oxygen atoms in total. The fourth-order valence-corrected chi connectivity index (χ4v) is 4.93. The molecule has 132 valence electrons. The number of fused-ring (bicyclic) bond motifs is 2. The summed E-state index contributed by atoms with van der Waals surface area (Å²) in [7, 11) is 1.87. The van der Waals surface area contributed by atoms with Crippen molar-refractivity contribution in [3.05, 3.63) is 0 Å². The summed E-state index contributed by atoms with van der Waals surface area (Å²) in [4.78, 5) is 4.43. The van der Waals surface area contributed by atoms with Gasteiger partial charge in [0.2, 0.25) is 0 Å². The third-order valence-corrected chi connectivity index (χ3v) is 6.01. The van der Waals surface area contributed by atoms with E-state index in [9.17, 15) is 0 Å². The Hall–Kier alpha value is -0.810. The molecule has 3 fully saturated rings. The van der Waals surface area contributed by atoms with Gasteiger partial charge in [-0.3, -0.25) is 4.99 Å². The lowest BCUT2D eigenvalue weighted by Crippen LogP contribution is -2.69. The minimum atomic E-state index is 0.383. The number of ether oxygens (including phenoxy) is 2. The molecule has 0 aromatic rings. The van der Waals surface area contributed by atoms with E-state index in [0.717, 1.165) is 45.2 Å². The van der Waals surface area contributed by atoms with Gasteiger partial charge >= 0.3 is 0 Å². The zero-order valence-electron chi connectivity index (χ0n) is 14.8. The van der Waals surface area contributed by atoms with Crippen LogP contribution in [0.3, 0.4) is 0 Å². The monoisotopic (exact) mass is 323 g/mol. The largest absolute Gasteiger partial charge is 0.382 e. The highest BCUT2D eigenvalue weighted by Crippen LogP contribution is 2.60. The molecule has 1 saturated heterocycles. The summed E-state index contributed by atoms with van der Waals surface area (Å²) < 4.78 is 11.4. The molecular formula is C18H33N3O2. The fraction of sp³-hybridized carbons (Fsp3) is 0.944. The maximum atomic E-state index is 6.06. The van der Waals surface area contributed by atoms with Gasteiger partial charge in [0.25, 0.3) is 0 Å². The summed E-state index contributed by atoms with van der Waals surface area (Å²) in [6.07, 6.45) is 9.27.